The molecule has 1 unspecified atom stereocenters. The number of ether oxygens (including phenoxy) is 1. The molecule has 80 valence electrons. The van der Waals surface area contributed by atoms with Crippen LogP contribution in [0.15, 0.2) is 0 Å². The highest BCUT2D eigenvalue weighted by Crippen LogP contribution is 2.04. The maximum Gasteiger partial charge on any atom is 0.0480 e. The van der Waals surface area contributed by atoms with E-state index in [2.05, 4.69) is 19.2 Å². The molecule has 0 bridgehead atoms. The van der Waals surface area contributed by atoms with Crippen LogP contribution in [0, 0.1) is 0 Å². The van der Waals surface area contributed by atoms with Gasteiger partial charge in [0.2, 0.25) is 0 Å². The summed E-state index contributed by atoms with van der Waals surface area (Å²) >= 11 is 0. The standard InChI is InChI=1S/C11H25NO/c1-4-6-7-11(12-3)8-10-13-9-5-2/h11-12H,4-10H2,1-3H3. The lowest BCUT2D eigenvalue weighted by Gasteiger charge is -2.15. The van der Waals surface area contributed by atoms with Gasteiger partial charge in [-0.05, 0) is 26.3 Å². The molecule has 0 rings (SSSR count). The first-order valence-corrected chi connectivity index (χ1v) is 5.60. The van der Waals surface area contributed by atoms with Crippen LogP contribution in [0.1, 0.15) is 46.0 Å². The van der Waals surface area contributed by atoms with E-state index in [-0.39, 0.29) is 0 Å². The largest absolute Gasteiger partial charge is 0.381 e. The quantitative estimate of drug-likeness (QED) is 0.560. The summed E-state index contributed by atoms with van der Waals surface area (Å²) in [5, 5.41) is 3.33. The van der Waals surface area contributed by atoms with E-state index >= 15 is 0 Å². The zero-order valence-electron chi connectivity index (χ0n) is 9.44. The summed E-state index contributed by atoms with van der Waals surface area (Å²) < 4.78 is 5.46. The molecule has 0 amide bonds. The monoisotopic (exact) mass is 187 g/mol. The Balaban J connectivity index is 3.25. The minimum atomic E-state index is 0.650. The van der Waals surface area contributed by atoms with E-state index in [1.54, 1.807) is 0 Å². The van der Waals surface area contributed by atoms with Crippen molar-refractivity contribution in [3.05, 3.63) is 0 Å². The molecule has 0 aliphatic heterocycles. The first-order valence-electron chi connectivity index (χ1n) is 5.60. The van der Waals surface area contributed by atoms with Gasteiger partial charge in [0.15, 0.2) is 0 Å². The van der Waals surface area contributed by atoms with Crippen LogP contribution in [-0.2, 0) is 4.74 Å². The zero-order chi connectivity index (χ0) is 9.94. The molecule has 0 radical (unpaired) electrons. The lowest BCUT2D eigenvalue weighted by Crippen LogP contribution is -2.26. The predicted molar refractivity (Wildman–Crippen MR) is 58.1 cm³/mol. The molecular formula is C11H25NO. The van der Waals surface area contributed by atoms with Gasteiger partial charge in [-0.2, -0.15) is 0 Å². The summed E-state index contributed by atoms with van der Waals surface area (Å²) in [7, 11) is 2.04. The van der Waals surface area contributed by atoms with Crippen molar-refractivity contribution in [1.82, 2.24) is 5.32 Å². The molecule has 2 heteroatoms. The molecule has 1 N–H and O–H groups in total. The van der Waals surface area contributed by atoms with E-state index < -0.39 is 0 Å². The van der Waals surface area contributed by atoms with E-state index in [1.165, 1.54) is 19.3 Å². The van der Waals surface area contributed by atoms with Gasteiger partial charge in [0.25, 0.3) is 0 Å². The molecule has 0 aliphatic rings. The summed E-state index contributed by atoms with van der Waals surface area (Å²) in [5.74, 6) is 0. The average Bonchev–Trinajstić information content (AvgIpc) is 2.17. The minimum Gasteiger partial charge on any atom is -0.381 e. The fraction of sp³-hybridized carbons (Fsp3) is 1.00. The third-order valence-corrected chi connectivity index (χ3v) is 2.27. The first kappa shape index (κ1) is 12.9. The van der Waals surface area contributed by atoms with Crippen LogP contribution in [0.4, 0.5) is 0 Å². The first-order chi connectivity index (χ1) is 6.35. The second-order valence-corrected chi connectivity index (χ2v) is 3.53. The van der Waals surface area contributed by atoms with Crippen LogP contribution in [0.25, 0.3) is 0 Å². The molecule has 2 nitrogen and oxygen atoms in total. The van der Waals surface area contributed by atoms with Crippen LogP contribution < -0.4 is 5.32 Å². The number of nitrogens with one attached hydrogen (secondary N) is 1. The van der Waals surface area contributed by atoms with E-state index in [9.17, 15) is 0 Å². The molecule has 0 saturated heterocycles. The third kappa shape index (κ3) is 8.26. The maximum absolute atomic E-state index is 5.46. The van der Waals surface area contributed by atoms with Gasteiger partial charge in [-0.1, -0.05) is 26.7 Å². The van der Waals surface area contributed by atoms with Crippen LogP contribution in [0.3, 0.4) is 0 Å². The molecule has 0 aromatic rings. The Morgan fingerprint density at radius 1 is 1.08 bits per heavy atom. The SMILES string of the molecule is CCCCC(CCOCCC)NC. The molecule has 1 atom stereocenters. The second kappa shape index (κ2) is 10.0. The van der Waals surface area contributed by atoms with Gasteiger partial charge < -0.3 is 10.1 Å². The van der Waals surface area contributed by atoms with Gasteiger partial charge >= 0.3 is 0 Å². The van der Waals surface area contributed by atoms with Crippen LogP contribution in [-0.4, -0.2) is 26.3 Å². The number of hydrogen-bond acceptors (Lipinski definition) is 2. The van der Waals surface area contributed by atoms with E-state index in [4.69, 9.17) is 4.74 Å². The highest BCUT2D eigenvalue weighted by Gasteiger charge is 2.04. The molecule has 0 aliphatic carbocycles. The summed E-state index contributed by atoms with van der Waals surface area (Å²) in [6, 6.07) is 0.650. The van der Waals surface area contributed by atoms with Crippen molar-refractivity contribution >= 4 is 0 Å². The maximum atomic E-state index is 5.46. The van der Waals surface area contributed by atoms with E-state index in [0.717, 1.165) is 26.1 Å². The molecule has 13 heavy (non-hydrogen) atoms. The number of rotatable bonds is 9. The molecule has 0 fully saturated rings. The molecule has 0 saturated carbocycles. The Kier molecular flexibility index (Phi) is 9.94. The topological polar surface area (TPSA) is 21.3 Å². The fourth-order valence-corrected chi connectivity index (χ4v) is 1.36. The minimum absolute atomic E-state index is 0.650. The lowest BCUT2D eigenvalue weighted by molar-refractivity contribution is 0.124. The molecule has 0 heterocycles. The fourth-order valence-electron chi connectivity index (χ4n) is 1.36. The number of hydrogen-bond donors (Lipinski definition) is 1. The molecule has 0 aromatic carbocycles. The van der Waals surface area contributed by atoms with Crippen molar-refractivity contribution in [2.45, 2.75) is 52.0 Å². The van der Waals surface area contributed by atoms with Crippen molar-refractivity contribution < 1.29 is 4.74 Å². The van der Waals surface area contributed by atoms with Gasteiger partial charge in [0.1, 0.15) is 0 Å². The molecular weight excluding hydrogens is 162 g/mol. The summed E-state index contributed by atoms with van der Waals surface area (Å²) in [4.78, 5) is 0. The Bertz CT molecular complexity index is 96.1. The summed E-state index contributed by atoms with van der Waals surface area (Å²) in [6.45, 7) is 6.19. The molecule has 0 spiro atoms. The van der Waals surface area contributed by atoms with E-state index in [1.807, 2.05) is 7.05 Å². The van der Waals surface area contributed by atoms with Gasteiger partial charge in [-0.25, -0.2) is 0 Å². The predicted octanol–water partition coefficient (Wildman–Crippen LogP) is 2.58. The van der Waals surface area contributed by atoms with Gasteiger partial charge in [0.05, 0.1) is 0 Å². The molecule has 0 aromatic heterocycles. The summed E-state index contributed by atoms with van der Waals surface area (Å²) in [5.41, 5.74) is 0. The summed E-state index contributed by atoms with van der Waals surface area (Å²) in [6.07, 6.45) is 6.16. The van der Waals surface area contributed by atoms with Crippen LogP contribution in [0.2, 0.25) is 0 Å². The van der Waals surface area contributed by atoms with Crippen molar-refractivity contribution in [3.8, 4) is 0 Å². The van der Waals surface area contributed by atoms with Gasteiger partial charge in [0, 0.05) is 19.3 Å². The van der Waals surface area contributed by atoms with Crippen molar-refractivity contribution in [1.29, 1.82) is 0 Å². The smallest absolute Gasteiger partial charge is 0.0480 e. The average molecular weight is 187 g/mol. The zero-order valence-corrected chi connectivity index (χ0v) is 9.44. The Labute approximate surface area is 83.1 Å². The number of unbranched alkanes of at least 4 members (excludes halogenated alkanes) is 1. The van der Waals surface area contributed by atoms with Gasteiger partial charge in [-0.15, -0.1) is 0 Å². The van der Waals surface area contributed by atoms with E-state index in [0.29, 0.717) is 6.04 Å². The Morgan fingerprint density at radius 2 is 1.85 bits per heavy atom. The van der Waals surface area contributed by atoms with Crippen molar-refractivity contribution in [2.24, 2.45) is 0 Å². The van der Waals surface area contributed by atoms with Crippen molar-refractivity contribution in [3.63, 3.8) is 0 Å². The normalized spacial score (nSPS) is 13.2. The highest BCUT2D eigenvalue weighted by atomic mass is 16.5. The van der Waals surface area contributed by atoms with Crippen LogP contribution >= 0.6 is 0 Å². The van der Waals surface area contributed by atoms with Crippen molar-refractivity contribution in [2.75, 3.05) is 20.3 Å². The van der Waals surface area contributed by atoms with Gasteiger partial charge in [-0.3, -0.25) is 0 Å². The Hall–Kier alpha value is -0.0800. The lowest BCUT2D eigenvalue weighted by atomic mass is 10.1. The highest BCUT2D eigenvalue weighted by molar-refractivity contribution is 4.63. The third-order valence-electron chi connectivity index (χ3n) is 2.27. The second-order valence-electron chi connectivity index (χ2n) is 3.53. The Morgan fingerprint density at radius 3 is 2.38 bits per heavy atom. The van der Waals surface area contributed by atoms with Crippen LogP contribution in [0.5, 0.6) is 0 Å².